The summed E-state index contributed by atoms with van der Waals surface area (Å²) in [5, 5.41) is 18.3. The summed E-state index contributed by atoms with van der Waals surface area (Å²) in [6.07, 6.45) is 1.93. The van der Waals surface area contributed by atoms with Crippen molar-refractivity contribution in [1.82, 2.24) is 4.98 Å². The molecular weight excluding hydrogens is 352 g/mol. The predicted molar refractivity (Wildman–Crippen MR) is 105 cm³/mol. The van der Waals surface area contributed by atoms with Crippen LogP contribution in [0.5, 0.6) is 11.5 Å². The second-order valence-corrected chi connectivity index (χ2v) is 8.64. The third-order valence-corrected chi connectivity index (χ3v) is 7.70. The molecule has 1 aromatic heterocycles. The van der Waals surface area contributed by atoms with E-state index in [-0.39, 0.29) is 12.1 Å². The van der Waals surface area contributed by atoms with E-state index in [1.807, 2.05) is 12.1 Å². The Bertz CT molecular complexity index is 1170. The van der Waals surface area contributed by atoms with E-state index in [4.69, 9.17) is 14.8 Å². The van der Waals surface area contributed by atoms with Crippen molar-refractivity contribution >= 4 is 10.9 Å². The summed E-state index contributed by atoms with van der Waals surface area (Å²) in [5.41, 5.74) is 4.40. The minimum Gasteiger partial charge on any atom is -0.657 e. The molecule has 7 rings (SSSR count). The number of nitrogens with zero attached hydrogens (tertiary/aromatic N) is 1. The van der Waals surface area contributed by atoms with Gasteiger partial charge in [0.1, 0.15) is 0 Å². The van der Waals surface area contributed by atoms with Gasteiger partial charge < -0.3 is 24.9 Å². The maximum Gasteiger partial charge on any atom is 0.166 e. The minimum absolute atomic E-state index is 0.0963. The van der Waals surface area contributed by atoms with Gasteiger partial charge in [0, 0.05) is 22.9 Å². The molecule has 1 fully saturated rings. The fraction of sp³-hybridized carbons (Fsp3) is 0.391. The molecule has 3 heterocycles. The van der Waals surface area contributed by atoms with Crippen LogP contribution in [-0.2, 0) is 18.3 Å². The molecule has 1 spiro atoms. The maximum absolute atomic E-state index is 12.3. The molecule has 0 amide bonds. The zero-order valence-electron chi connectivity index (χ0n) is 15.7. The summed E-state index contributed by atoms with van der Waals surface area (Å²) in [5.74, 6) is 1.57. The van der Waals surface area contributed by atoms with Crippen LogP contribution < -0.4 is 9.47 Å². The molecule has 2 aliphatic heterocycles. The van der Waals surface area contributed by atoms with Crippen LogP contribution in [0, 0.1) is 0 Å². The van der Waals surface area contributed by atoms with E-state index in [9.17, 15) is 5.11 Å². The number of methoxy groups -OCH3 is 1. The lowest BCUT2D eigenvalue weighted by molar-refractivity contribution is -0.113. The number of nitrogens with one attached hydrogen (secondary N) is 1. The average molecular weight is 373 g/mol. The van der Waals surface area contributed by atoms with E-state index >= 15 is 0 Å². The molecule has 5 heteroatoms. The highest BCUT2D eigenvalue weighted by molar-refractivity contribution is 5.86. The lowest BCUT2D eigenvalue weighted by Crippen LogP contribution is -2.69. The first-order valence-electron chi connectivity index (χ1n) is 10.0. The summed E-state index contributed by atoms with van der Waals surface area (Å²) in [6, 6.07) is 12.4. The third kappa shape index (κ3) is 1.45. The molecule has 5 nitrogen and oxygen atoms in total. The lowest BCUT2D eigenvalue weighted by Gasteiger charge is -2.65. The summed E-state index contributed by atoms with van der Waals surface area (Å²) >= 11 is 0. The second kappa shape index (κ2) is 4.73. The normalized spacial score (nSPS) is 33.9. The van der Waals surface area contributed by atoms with E-state index in [2.05, 4.69) is 29.2 Å². The van der Waals surface area contributed by atoms with E-state index in [0.29, 0.717) is 6.42 Å². The fourth-order valence-electron chi connectivity index (χ4n) is 6.58. The van der Waals surface area contributed by atoms with Crippen molar-refractivity contribution in [1.29, 1.82) is 0 Å². The van der Waals surface area contributed by atoms with Gasteiger partial charge in [-0.2, -0.15) is 0 Å². The summed E-state index contributed by atoms with van der Waals surface area (Å²) in [4.78, 5) is 3.63. The molecule has 0 radical (unpaired) electrons. The molecule has 2 aromatic carbocycles. The van der Waals surface area contributed by atoms with Gasteiger partial charge in [-0.05, 0) is 29.7 Å². The van der Waals surface area contributed by atoms with Crippen LogP contribution in [0.4, 0.5) is 0 Å². The average Bonchev–Trinajstić information content (AvgIpc) is 3.22. The number of hydrogen-bond donors (Lipinski definition) is 2. The number of aliphatic hydroxyl groups is 1. The number of fused-ring (bicyclic) bond motifs is 4. The Morgan fingerprint density at radius 2 is 2.14 bits per heavy atom. The number of para-hydroxylation sites is 1. The van der Waals surface area contributed by atoms with Crippen LogP contribution in [0.15, 0.2) is 36.4 Å². The van der Waals surface area contributed by atoms with Crippen molar-refractivity contribution in [2.45, 2.75) is 42.4 Å². The largest absolute Gasteiger partial charge is 0.657 e. The van der Waals surface area contributed by atoms with Crippen LogP contribution in [0.1, 0.15) is 34.9 Å². The summed E-state index contributed by atoms with van der Waals surface area (Å²) < 4.78 is 12.3. The fourth-order valence-corrected chi connectivity index (χ4v) is 6.58. The molecule has 4 atom stereocenters. The molecular formula is C23H21N2O3-. The molecule has 1 saturated heterocycles. The third-order valence-electron chi connectivity index (χ3n) is 7.70. The molecule has 2 aliphatic carbocycles. The Labute approximate surface area is 162 Å². The number of benzene rings is 2. The van der Waals surface area contributed by atoms with Gasteiger partial charge in [-0.1, -0.05) is 30.7 Å². The number of hydrogen-bond acceptors (Lipinski definition) is 3. The topological polar surface area (TPSA) is 68.6 Å². The Kier molecular flexibility index (Phi) is 2.60. The Hall–Kier alpha value is -2.50. The number of ether oxygens (including phenoxy) is 2. The number of piperidine rings is 1. The zero-order chi connectivity index (χ0) is 18.7. The smallest absolute Gasteiger partial charge is 0.166 e. The SMILES string of the molecule is COc1ccc2c3c1O[C@H]1c4[nH]c5ccccc5c4C[C@@]4(O)[C@@H](C2)[N-]CC[C@]314. The summed E-state index contributed by atoms with van der Waals surface area (Å²) in [6.45, 7) is 0.762. The molecule has 4 aliphatic rings. The van der Waals surface area contributed by atoms with Crippen LogP contribution in [0.3, 0.4) is 0 Å². The van der Waals surface area contributed by atoms with Crippen molar-refractivity contribution in [3.63, 3.8) is 0 Å². The van der Waals surface area contributed by atoms with Crippen molar-refractivity contribution in [2.24, 2.45) is 0 Å². The number of aromatic amines is 1. The van der Waals surface area contributed by atoms with Crippen LogP contribution >= 0.6 is 0 Å². The Morgan fingerprint density at radius 1 is 1.25 bits per heavy atom. The monoisotopic (exact) mass is 373 g/mol. The molecule has 28 heavy (non-hydrogen) atoms. The Balaban J connectivity index is 1.60. The van der Waals surface area contributed by atoms with Gasteiger partial charge >= 0.3 is 0 Å². The first-order valence-corrected chi connectivity index (χ1v) is 10.0. The number of aromatic nitrogens is 1. The molecule has 0 saturated carbocycles. The minimum atomic E-state index is -0.932. The molecule has 2 bridgehead atoms. The van der Waals surface area contributed by atoms with Gasteiger partial charge in [0.25, 0.3) is 0 Å². The van der Waals surface area contributed by atoms with Crippen LogP contribution in [0.2, 0.25) is 0 Å². The van der Waals surface area contributed by atoms with Crippen LogP contribution in [-0.4, -0.2) is 35.4 Å². The summed E-state index contributed by atoms with van der Waals surface area (Å²) in [7, 11) is 1.68. The standard InChI is InChI=1S/C23H21N2O3/c1-27-16-7-6-12-10-17-23(26)11-14-13-4-2-3-5-15(13)25-19(14)21-22(23,8-9-24-17)18(12)20(16)28-21/h2-7,17,21,25-26H,8-11H2,1H3/q-1/t17-,21+,22+,23-/m1/s1. The van der Waals surface area contributed by atoms with Crippen molar-refractivity contribution in [3.8, 4) is 11.5 Å². The van der Waals surface area contributed by atoms with Gasteiger partial charge in [-0.3, -0.25) is 0 Å². The lowest BCUT2D eigenvalue weighted by atomic mass is 9.49. The Morgan fingerprint density at radius 3 is 3.04 bits per heavy atom. The quantitative estimate of drug-likeness (QED) is 0.686. The van der Waals surface area contributed by atoms with Gasteiger partial charge in [0.2, 0.25) is 0 Å². The first-order chi connectivity index (χ1) is 13.7. The van der Waals surface area contributed by atoms with Gasteiger partial charge in [-0.15, -0.1) is 12.6 Å². The van der Waals surface area contributed by atoms with E-state index < -0.39 is 11.0 Å². The molecule has 0 unspecified atom stereocenters. The van der Waals surface area contributed by atoms with Crippen molar-refractivity contribution in [2.75, 3.05) is 13.7 Å². The molecule has 142 valence electrons. The predicted octanol–water partition coefficient (Wildman–Crippen LogP) is 3.54. The van der Waals surface area contributed by atoms with Crippen molar-refractivity contribution < 1.29 is 14.6 Å². The van der Waals surface area contributed by atoms with Gasteiger partial charge in [-0.25, -0.2) is 0 Å². The van der Waals surface area contributed by atoms with E-state index in [0.717, 1.165) is 47.7 Å². The van der Waals surface area contributed by atoms with Crippen molar-refractivity contribution in [3.05, 3.63) is 64.1 Å². The second-order valence-electron chi connectivity index (χ2n) is 8.64. The number of H-pyrrole nitrogens is 1. The zero-order valence-corrected chi connectivity index (χ0v) is 15.7. The highest BCUT2D eigenvalue weighted by Crippen LogP contribution is 2.69. The van der Waals surface area contributed by atoms with E-state index in [1.165, 1.54) is 16.5 Å². The molecule has 3 aromatic rings. The highest BCUT2D eigenvalue weighted by atomic mass is 16.5. The molecule has 2 N–H and O–H groups in total. The first kappa shape index (κ1) is 15.4. The maximum atomic E-state index is 12.3. The van der Waals surface area contributed by atoms with Gasteiger partial charge in [0.15, 0.2) is 17.6 Å². The highest BCUT2D eigenvalue weighted by Gasteiger charge is 2.69. The number of rotatable bonds is 1. The van der Waals surface area contributed by atoms with Gasteiger partial charge in [0.05, 0.1) is 23.8 Å². The van der Waals surface area contributed by atoms with Crippen LogP contribution in [0.25, 0.3) is 16.2 Å². The van der Waals surface area contributed by atoms with E-state index in [1.54, 1.807) is 7.11 Å².